The Kier molecular flexibility index (Phi) is 3.92. The van der Waals surface area contributed by atoms with Crippen LogP contribution in [0.2, 0.25) is 0 Å². The topological polar surface area (TPSA) is 79.7 Å². The number of hydrogen-bond acceptors (Lipinski definition) is 6. The number of fused-ring (bicyclic) bond motifs is 1. The van der Waals surface area contributed by atoms with E-state index in [-0.39, 0.29) is 5.75 Å². The van der Waals surface area contributed by atoms with E-state index in [1.54, 1.807) is 36.4 Å². The Hall–Kier alpha value is -3.35. The Bertz CT molecular complexity index is 902. The first-order valence-corrected chi connectivity index (χ1v) is 6.68. The Labute approximate surface area is 130 Å². The molecule has 0 N–H and O–H groups in total. The van der Waals surface area contributed by atoms with Gasteiger partial charge in [0.1, 0.15) is 11.5 Å². The summed E-state index contributed by atoms with van der Waals surface area (Å²) in [6.07, 6.45) is 0.359. The summed E-state index contributed by atoms with van der Waals surface area (Å²) in [4.78, 5) is 29.3. The Morgan fingerprint density at radius 3 is 2.48 bits per heavy atom. The molecule has 0 saturated carbocycles. The second-order valence-corrected chi connectivity index (χ2v) is 4.53. The Morgan fingerprint density at radius 1 is 1.04 bits per heavy atom. The van der Waals surface area contributed by atoms with Gasteiger partial charge < -0.3 is 9.47 Å². The van der Waals surface area contributed by atoms with E-state index >= 15 is 0 Å². The second kappa shape index (κ2) is 6.18. The molecule has 7 nitrogen and oxygen atoms in total. The molecular formula is C16H12N2O5. The van der Waals surface area contributed by atoms with Gasteiger partial charge in [-0.15, -0.1) is 5.10 Å². The lowest BCUT2D eigenvalue weighted by atomic mass is 10.2. The van der Waals surface area contributed by atoms with E-state index in [4.69, 9.17) is 14.3 Å². The Balaban J connectivity index is 1.77. The number of hydrogen-bond donors (Lipinski definition) is 0. The van der Waals surface area contributed by atoms with E-state index in [0.29, 0.717) is 21.4 Å². The molecule has 0 aliphatic rings. The third kappa shape index (κ3) is 3.13. The first kappa shape index (κ1) is 14.6. The number of methoxy groups -OCH3 is 1. The maximum absolute atomic E-state index is 12.2. The quantitative estimate of drug-likeness (QED) is 0.544. The van der Waals surface area contributed by atoms with Crippen molar-refractivity contribution in [1.82, 2.24) is 9.94 Å². The maximum atomic E-state index is 12.2. The molecule has 0 spiro atoms. The zero-order chi connectivity index (χ0) is 16.2. The van der Waals surface area contributed by atoms with Crippen molar-refractivity contribution in [2.24, 2.45) is 0 Å². The van der Waals surface area contributed by atoms with Crippen LogP contribution in [0, 0.1) is 0 Å². The van der Waals surface area contributed by atoms with Gasteiger partial charge in [0.15, 0.2) is 0 Å². The first-order chi connectivity index (χ1) is 11.2. The van der Waals surface area contributed by atoms with E-state index in [1.807, 2.05) is 0 Å². The normalized spacial score (nSPS) is 10.3. The van der Waals surface area contributed by atoms with Crippen molar-refractivity contribution in [2.45, 2.75) is 0 Å². The number of carbonyl (C=O) groups excluding carboxylic acids is 1. The smallest absolute Gasteiger partial charge is 0.497 e. The zero-order valence-electron chi connectivity index (χ0n) is 12.1. The van der Waals surface area contributed by atoms with Crippen molar-refractivity contribution in [3.63, 3.8) is 0 Å². The molecule has 0 radical (unpaired) electrons. The van der Waals surface area contributed by atoms with Crippen LogP contribution in [0.5, 0.6) is 11.5 Å². The number of nitrogens with zero attached hydrogens (tertiary/aromatic N) is 2. The van der Waals surface area contributed by atoms with Crippen LogP contribution < -0.4 is 19.9 Å². The predicted octanol–water partition coefficient (Wildman–Crippen LogP) is 2.03. The highest BCUT2D eigenvalue weighted by atomic mass is 16.8. The molecule has 7 heteroatoms. The van der Waals surface area contributed by atoms with Crippen LogP contribution in [0.3, 0.4) is 0 Å². The van der Waals surface area contributed by atoms with Crippen molar-refractivity contribution in [2.75, 3.05) is 7.11 Å². The van der Waals surface area contributed by atoms with Crippen LogP contribution >= 0.6 is 0 Å². The van der Waals surface area contributed by atoms with Gasteiger partial charge in [-0.05, 0) is 35.2 Å². The summed E-state index contributed by atoms with van der Waals surface area (Å²) in [6, 6.07) is 13.2. The average molecular weight is 312 g/mol. The van der Waals surface area contributed by atoms with Crippen LogP contribution in [0.25, 0.3) is 10.8 Å². The van der Waals surface area contributed by atoms with Gasteiger partial charge in [0.2, 0.25) is 0 Å². The molecule has 116 valence electrons. The molecule has 2 aromatic carbocycles. The molecule has 1 aromatic heterocycles. The van der Waals surface area contributed by atoms with Gasteiger partial charge in [-0.2, -0.15) is 0 Å². The molecule has 0 atom stereocenters. The van der Waals surface area contributed by atoms with Gasteiger partial charge in [-0.1, -0.05) is 18.2 Å². The van der Waals surface area contributed by atoms with Crippen LogP contribution in [0.15, 0.2) is 59.5 Å². The summed E-state index contributed by atoms with van der Waals surface area (Å²) >= 11 is 0. The fourth-order valence-electron chi connectivity index (χ4n) is 1.97. The van der Waals surface area contributed by atoms with Gasteiger partial charge in [0, 0.05) is 5.39 Å². The molecular weight excluding hydrogens is 300 g/mol. The minimum Gasteiger partial charge on any atom is -0.497 e. The molecule has 1 heterocycles. The summed E-state index contributed by atoms with van der Waals surface area (Å²) in [5.41, 5.74) is -0.546. The fraction of sp³-hybridized carbons (Fsp3) is 0.0625. The number of carbonyl (C=O) groups is 1. The minimum absolute atomic E-state index is 0.254. The first-order valence-electron chi connectivity index (χ1n) is 6.68. The highest BCUT2D eigenvalue weighted by Gasteiger charge is 2.12. The molecule has 0 fully saturated rings. The van der Waals surface area contributed by atoms with E-state index in [0.717, 1.165) is 0 Å². The SMILES string of the molecule is COc1ccc(OC(=O)On2ncc3ccccc3c2=O)cc1. The van der Waals surface area contributed by atoms with Gasteiger partial charge in [-0.3, -0.25) is 9.63 Å². The molecule has 0 amide bonds. The lowest BCUT2D eigenvalue weighted by Crippen LogP contribution is -2.34. The third-order valence-electron chi connectivity index (χ3n) is 3.09. The molecule has 3 rings (SSSR count). The van der Waals surface area contributed by atoms with E-state index < -0.39 is 11.7 Å². The molecule has 23 heavy (non-hydrogen) atoms. The van der Waals surface area contributed by atoms with Gasteiger partial charge in [0.25, 0.3) is 0 Å². The van der Waals surface area contributed by atoms with Crippen molar-refractivity contribution in [3.05, 3.63) is 65.1 Å². The average Bonchev–Trinajstić information content (AvgIpc) is 2.58. The zero-order valence-corrected chi connectivity index (χ0v) is 12.1. The summed E-state index contributed by atoms with van der Waals surface area (Å²) in [5, 5.41) is 4.82. The van der Waals surface area contributed by atoms with Crippen molar-refractivity contribution in [1.29, 1.82) is 0 Å². The summed E-state index contributed by atoms with van der Waals surface area (Å²) in [7, 11) is 1.53. The molecule has 0 saturated heterocycles. The lowest BCUT2D eigenvalue weighted by Gasteiger charge is -2.07. The molecule has 3 aromatic rings. The number of benzene rings is 2. The van der Waals surface area contributed by atoms with Gasteiger partial charge in [0.05, 0.1) is 18.7 Å². The summed E-state index contributed by atoms with van der Waals surface area (Å²) in [5.74, 6) is 0.878. The molecule has 0 unspecified atom stereocenters. The largest absolute Gasteiger partial charge is 0.540 e. The van der Waals surface area contributed by atoms with Crippen LogP contribution in [0.1, 0.15) is 0 Å². The van der Waals surface area contributed by atoms with E-state index in [1.165, 1.54) is 25.4 Å². The highest BCUT2D eigenvalue weighted by Crippen LogP contribution is 2.17. The minimum atomic E-state index is -1.07. The van der Waals surface area contributed by atoms with Gasteiger partial charge >= 0.3 is 11.7 Å². The fourth-order valence-corrected chi connectivity index (χ4v) is 1.97. The van der Waals surface area contributed by atoms with Crippen molar-refractivity contribution in [3.8, 4) is 11.5 Å². The van der Waals surface area contributed by atoms with Crippen LogP contribution in [-0.4, -0.2) is 23.2 Å². The molecule has 0 aliphatic carbocycles. The second-order valence-electron chi connectivity index (χ2n) is 4.53. The summed E-state index contributed by atoms with van der Waals surface area (Å²) < 4.78 is 9.97. The van der Waals surface area contributed by atoms with E-state index in [2.05, 4.69) is 5.10 Å². The number of rotatable bonds is 3. The van der Waals surface area contributed by atoms with Crippen LogP contribution in [0.4, 0.5) is 4.79 Å². The van der Waals surface area contributed by atoms with Crippen LogP contribution in [-0.2, 0) is 0 Å². The monoisotopic (exact) mass is 312 g/mol. The number of aromatic nitrogens is 2. The van der Waals surface area contributed by atoms with Crippen molar-refractivity contribution < 1.29 is 19.1 Å². The number of ether oxygens (including phenoxy) is 2. The third-order valence-corrected chi connectivity index (χ3v) is 3.09. The predicted molar refractivity (Wildman–Crippen MR) is 81.6 cm³/mol. The molecule has 0 aliphatic heterocycles. The lowest BCUT2D eigenvalue weighted by molar-refractivity contribution is 0.0696. The van der Waals surface area contributed by atoms with Gasteiger partial charge in [-0.25, -0.2) is 4.79 Å². The maximum Gasteiger partial charge on any atom is 0.540 e. The Morgan fingerprint density at radius 2 is 1.74 bits per heavy atom. The molecule has 0 bridgehead atoms. The van der Waals surface area contributed by atoms with Crippen molar-refractivity contribution >= 4 is 16.9 Å². The standard InChI is InChI=1S/C16H12N2O5/c1-21-12-6-8-13(9-7-12)22-16(20)23-18-15(19)14-5-3-2-4-11(14)10-17-18/h2-10H,1H3. The highest BCUT2D eigenvalue weighted by molar-refractivity contribution is 5.80. The summed E-state index contributed by atoms with van der Waals surface area (Å²) in [6.45, 7) is 0. The van der Waals surface area contributed by atoms with E-state index in [9.17, 15) is 9.59 Å².